The van der Waals surface area contributed by atoms with E-state index < -0.39 is 33.7 Å². The molecule has 1 aliphatic carbocycles. The number of aliphatic hydroxyl groups is 1. The van der Waals surface area contributed by atoms with Crippen molar-refractivity contribution in [3.63, 3.8) is 0 Å². The molecule has 6 N–H and O–H groups in total. The van der Waals surface area contributed by atoms with Crippen LogP contribution >= 0.6 is 10.8 Å². The van der Waals surface area contributed by atoms with Crippen LogP contribution in [-0.4, -0.2) is 31.7 Å². The summed E-state index contributed by atoms with van der Waals surface area (Å²) in [7, 11) is -3.77. The number of halogens is 1. The van der Waals surface area contributed by atoms with E-state index in [1.54, 1.807) is 18.2 Å². The summed E-state index contributed by atoms with van der Waals surface area (Å²) < 4.78 is 40.5. The molecule has 1 heterocycles. The number of fused-ring (bicyclic) bond motifs is 2. The third kappa shape index (κ3) is 6.11. The number of nitrogens with one attached hydrogen (secondary N) is 1. The zero-order valence-electron chi connectivity index (χ0n) is 23.6. The molecular weight excluding hydrogens is 532 g/mol. The molecule has 0 fully saturated rings. The van der Waals surface area contributed by atoms with Crippen molar-refractivity contribution in [2.45, 2.75) is 75.5 Å². The molecule has 8 nitrogen and oxygen atoms in total. The number of hydrogen-bond acceptors (Lipinski definition) is 7. The van der Waals surface area contributed by atoms with Gasteiger partial charge in [-0.2, -0.15) is 0 Å². The second kappa shape index (κ2) is 12.5. The largest absolute Gasteiger partial charge is 1.00 e. The average molecular weight is 568 g/mol. The molecule has 0 atom stereocenters. The van der Waals surface area contributed by atoms with Crippen molar-refractivity contribution in [3.05, 3.63) is 64.5 Å². The number of nitrogens with two attached hydrogens (primary N) is 1. The fraction of sp³-hybridized carbons (Fsp3) is 0.393. The van der Waals surface area contributed by atoms with Crippen LogP contribution in [0.3, 0.4) is 0 Å². The molecule has 0 spiro atoms. The molecule has 0 bridgehead atoms. The molecule has 0 saturated carbocycles. The van der Waals surface area contributed by atoms with Gasteiger partial charge in [-0.3, -0.25) is 18.7 Å². The number of aliphatic hydroxyl groups excluding tert-OH is 1. The molecule has 1 aliphatic heterocycles. The summed E-state index contributed by atoms with van der Waals surface area (Å²) in [5.41, 5.74) is 5.80. The van der Waals surface area contributed by atoms with Gasteiger partial charge in [-0.1, -0.05) is 62.4 Å². The number of primary amides is 1. The minimum Gasteiger partial charge on any atom is -1.00 e. The summed E-state index contributed by atoms with van der Waals surface area (Å²) >= 11 is 0. The van der Waals surface area contributed by atoms with Crippen molar-refractivity contribution >= 4 is 39.7 Å². The molecular formula is C28H35FN3NaO5S. The standard InChI is InChI=1S/C28H34FN3O5S.Na.H/c1-3-5-13-28(14-6-4-2)20-10-9-18(29)16-19(20)25(34)24(26(28)35)27-31-21-11-7-17(8-12-23(30)33)15-22(21)38(36,37)32-27;;/h7,9-11,15-16,34,36-37H,3-6,8,12-14H2,1-2H3,(H2,30,33)(H,31,32);;/q;+1;-1. The molecule has 39 heavy (non-hydrogen) atoms. The summed E-state index contributed by atoms with van der Waals surface area (Å²) in [6.45, 7) is 4.05. The Hall–Kier alpha value is -2.21. The maximum absolute atomic E-state index is 14.4. The number of aryl methyl sites for hydroxylation is 1. The number of amidine groups is 1. The first kappa shape index (κ1) is 31.3. The Morgan fingerprint density at radius 1 is 1.13 bits per heavy atom. The van der Waals surface area contributed by atoms with E-state index in [0.717, 1.165) is 25.7 Å². The monoisotopic (exact) mass is 567 g/mol. The van der Waals surface area contributed by atoms with Crippen LogP contribution in [-0.2, 0) is 21.4 Å². The first-order chi connectivity index (χ1) is 18.0. The molecule has 0 aromatic heterocycles. The molecule has 1 amide bonds. The summed E-state index contributed by atoms with van der Waals surface area (Å²) in [6, 6.07) is 8.94. The molecule has 2 aliphatic rings. The Balaban J connectivity index is 0.00000280. The van der Waals surface area contributed by atoms with Crippen LogP contribution in [0, 0.1) is 5.82 Å². The van der Waals surface area contributed by atoms with Crippen LogP contribution in [0.15, 0.2) is 51.3 Å². The SMILES string of the molecule is CCCCC1(CCCC)C(=O)C(C2=NS(O)(O)c3cc(CCC(N)=O)ccc3N2)=C(O)c2cc(F)ccc21.[H-].[Na+]. The molecule has 11 heteroatoms. The number of carbonyl (C=O) groups is 2. The van der Waals surface area contributed by atoms with Crippen molar-refractivity contribution in [1.82, 2.24) is 0 Å². The van der Waals surface area contributed by atoms with Gasteiger partial charge in [-0.15, -0.1) is 4.40 Å². The molecule has 206 valence electrons. The maximum atomic E-state index is 14.4. The third-order valence-corrected chi connectivity index (χ3v) is 8.64. The third-order valence-electron chi connectivity index (χ3n) is 7.27. The van der Waals surface area contributed by atoms with Gasteiger partial charge in [-0.25, -0.2) is 4.39 Å². The molecule has 0 unspecified atom stereocenters. The van der Waals surface area contributed by atoms with Gasteiger partial charge in [0.25, 0.3) is 0 Å². The number of anilines is 1. The second-order valence-corrected chi connectivity index (χ2v) is 11.6. The predicted molar refractivity (Wildman–Crippen MR) is 149 cm³/mol. The number of ketones is 1. The average Bonchev–Trinajstić information content (AvgIpc) is 2.87. The van der Waals surface area contributed by atoms with Gasteiger partial charge < -0.3 is 17.6 Å². The van der Waals surface area contributed by atoms with Gasteiger partial charge in [0.15, 0.2) is 11.6 Å². The van der Waals surface area contributed by atoms with Gasteiger partial charge in [-0.05, 0) is 54.7 Å². The van der Waals surface area contributed by atoms with Crippen molar-refractivity contribution < 1.29 is 59.2 Å². The predicted octanol–water partition coefficient (Wildman–Crippen LogP) is 3.38. The fourth-order valence-electron chi connectivity index (χ4n) is 5.29. The topological polar surface area (TPSA) is 145 Å². The van der Waals surface area contributed by atoms with Crippen molar-refractivity contribution in [2.24, 2.45) is 10.1 Å². The molecule has 0 radical (unpaired) electrons. The Morgan fingerprint density at radius 3 is 2.41 bits per heavy atom. The van der Waals surface area contributed by atoms with Crippen LogP contribution in [0.5, 0.6) is 0 Å². The normalized spacial score (nSPS) is 17.8. The molecule has 2 aromatic carbocycles. The molecule has 2 aromatic rings. The summed E-state index contributed by atoms with van der Waals surface area (Å²) in [6.07, 6.45) is 4.59. The smallest absolute Gasteiger partial charge is 1.00 e. The van der Waals surface area contributed by atoms with E-state index in [-0.39, 0.29) is 65.1 Å². The second-order valence-electron chi connectivity index (χ2n) is 9.91. The number of hydrogen-bond donors (Lipinski definition) is 5. The zero-order chi connectivity index (χ0) is 27.7. The van der Waals surface area contributed by atoms with E-state index in [2.05, 4.69) is 9.71 Å². The first-order valence-corrected chi connectivity index (χ1v) is 14.4. The molecule has 0 saturated heterocycles. The Labute approximate surface area is 253 Å². The van der Waals surface area contributed by atoms with E-state index in [1.807, 2.05) is 13.8 Å². The van der Waals surface area contributed by atoms with Crippen molar-refractivity contribution in [3.8, 4) is 0 Å². The van der Waals surface area contributed by atoms with Gasteiger partial charge >= 0.3 is 29.6 Å². The quantitative estimate of drug-likeness (QED) is 0.278. The number of amides is 1. The van der Waals surface area contributed by atoms with Crippen LogP contribution in [0.2, 0.25) is 0 Å². The fourth-order valence-corrected chi connectivity index (χ4v) is 6.50. The van der Waals surface area contributed by atoms with E-state index >= 15 is 0 Å². The number of carbonyl (C=O) groups excluding carboxylic acids is 2. The van der Waals surface area contributed by atoms with Crippen LogP contribution in [0.1, 0.15) is 76.9 Å². The Kier molecular flexibility index (Phi) is 10.1. The van der Waals surface area contributed by atoms with E-state index in [4.69, 9.17) is 5.73 Å². The van der Waals surface area contributed by atoms with E-state index in [9.17, 15) is 28.2 Å². The summed E-state index contributed by atoms with van der Waals surface area (Å²) in [4.78, 5) is 25.6. The van der Waals surface area contributed by atoms with Gasteiger partial charge in [0, 0.05) is 12.0 Å². The zero-order valence-corrected chi connectivity index (χ0v) is 25.4. The summed E-state index contributed by atoms with van der Waals surface area (Å²) in [5.74, 6) is -2.02. The number of Topliss-reactive ketones (excluding diaryl/α,β-unsaturated/α-hetero) is 1. The Bertz CT molecular complexity index is 1340. The van der Waals surface area contributed by atoms with Gasteiger partial charge in [0.05, 0.1) is 11.1 Å². The van der Waals surface area contributed by atoms with Crippen molar-refractivity contribution in [1.29, 1.82) is 0 Å². The van der Waals surface area contributed by atoms with E-state index in [0.29, 0.717) is 36.1 Å². The van der Waals surface area contributed by atoms with Gasteiger partial charge in [0.2, 0.25) is 5.91 Å². The van der Waals surface area contributed by atoms with Crippen molar-refractivity contribution in [2.75, 3.05) is 5.32 Å². The van der Waals surface area contributed by atoms with E-state index in [1.165, 1.54) is 18.2 Å². The van der Waals surface area contributed by atoms with Crippen LogP contribution < -0.4 is 40.6 Å². The number of unbranched alkanes of at least 4 members (excludes halogenated alkanes) is 2. The number of benzene rings is 2. The summed E-state index contributed by atoms with van der Waals surface area (Å²) in [5, 5.41) is 14.3. The van der Waals surface area contributed by atoms with Crippen LogP contribution in [0.4, 0.5) is 10.1 Å². The van der Waals surface area contributed by atoms with Gasteiger partial charge in [0.1, 0.15) is 22.0 Å². The number of nitrogens with zero attached hydrogens (tertiary/aromatic N) is 1. The minimum absolute atomic E-state index is 0. The maximum Gasteiger partial charge on any atom is 1.00 e. The Morgan fingerprint density at radius 2 is 1.79 bits per heavy atom. The molecule has 4 rings (SSSR count). The first-order valence-electron chi connectivity index (χ1n) is 12.9. The van der Waals surface area contributed by atoms with Crippen LogP contribution in [0.25, 0.3) is 5.76 Å². The number of rotatable bonds is 10. The minimum atomic E-state index is -3.77.